The minimum Gasteiger partial charge on any atom is -0.480 e. The monoisotopic (exact) mass is 478 g/mol. The van der Waals surface area contributed by atoms with Crippen LogP contribution in [-0.2, 0) is 14.3 Å². The maximum absolute atomic E-state index is 12.7. The van der Waals surface area contributed by atoms with Crippen molar-refractivity contribution in [2.75, 3.05) is 13.2 Å². The van der Waals surface area contributed by atoms with Crippen LogP contribution in [0.1, 0.15) is 56.6 Å². The van der Waals surface area contributed by atoms with E-state index in [1.807, 2.05) is 24.3 Å². The average Bonchev–Trinajstić information content (AvgIpc) is 3.18. The lowest BCUT2D eigenvalue weighted by Crippen LogP contribution is -2.47. The number of ether oxygens (including phenoxy) is 1. The Hall–Kier alpha value is -3.35. The van der Waals surface area contributed by atoms with E-state index >= 15 is 0 Å². The molecule has 0 spiro atoms. The summed E-state index contributed by atoms with van der Waals surface area (Å²) in [6.45, 7) is 4.26. The van der Waals surface area contributed by atoms with Gasteiger partial charge in [0.05, 0.1) is 0 Å². The van der Waals surface area contributed by atoms with Crippen LogP contribution in [0.15, 0.2) is 48.5 Å². The van der Waals surface area contributed by atoms with Crippen molar-refractivity contribution in [1.29, 1.82) is 0 Å². The number of carbonyl (C=O) groups excluding carboxylic acids is 2. The lowest BCUT2D eigenvalue weighted by atomic mass is 9.80. The molecule has 3 atom stereocenters. The summed E-state index contributed by atoms with van der Waals surface area (Å²) in [6.07, 6.45) is 2.69. The van der Waals surface area contributed by atoms with Gasteiger partial charge in [-0.3, -0.25) is 4.79 Å². The van der Waals surface area contributed by atoms with E-state index in [9.17, 15) is 19.5 Å². The van der Waals surface area contributed by atoms with Gasteiger partial charge in [-0.25, -0.2) is 9.59 Å². The molecule has 2 amide bonds. The van der Waals surface area contributed by atoms with E-state index < -0.39 is 18.1 Å². The third-order valence-electron chi connectivity index (χ3n) is 7.26. The number of rotatable bonds is 8. The fraction of sp³-hybridized carbons (Fsp3) is 0.464. The summed E-state index contributed by atoms with van der Waals surface area (Å²) in [5.41, 5.74) is 4.71. The average molecular weight is 479 g/mol. The van der Waals surface area contributed by atoms with Gasteiger partial charge in [0.1, 0.15) is 12.6 Å². The fourth-order valence-corrected chi connectivity index (χ4v) is 5.38. The summed E-state index contributed by atoms with van der Waals surface area (Å²) in [4.78, 5) is 36.6. The van der Waals surface area contributed by atoms with E-state index in [1.54, 1.807) is 13.8 Å². The highest BCUT2D eigenvalue weighted by atomic mass is 16.5. The smallest absolute Gasteiger partial charge is 0.407 e. The molecule has 0 aromatic heterocycles. The van der Waals surface area contributed by atoms with Crippen molar-refractivity contribution in [3.8, 4) is 11.1 Å². The van der Waals surface area contributed by atoms with Crippen molar-refractivity contribution in [1.82, 2.24) is 10.6 Å². The van der Waals surface area contributed by atoms with Gasteiger partial charge in [-0.1, -0.05) is 68.8 Å². The number of benzene rings is 2. The van der Waals surface area contributed by atoms with Crippen molar-refractivity contribution in [3.63, 3.8) is 0 Å². The highest BCUT2D eigenvalue weighted by molar-refractivity contribution is 5.85. The molecule has 1 saturated carbocycles. The topological polar surface area (TPSA) is 105 Å². The highest BCUT2D eigenvalue weighted by Crippen LogP contribution is 2.44. The molecule has 2 aliphatic carbocycles. The normalized spacial score (nSPS) is 20.0. The number of nitrogens with one attached hydrogen (secondary N) is 2. The molecule has 4 rings (SSSR count). The van der Waals surface area contributed by atoms with Crippen LogP contribution in [0.2, 0.25) is 0 Å². The SMILES string of the molecule is CC(C)[C@H](NC(=O)C1CCCC(CNC(=O)OCC2c3ccccc3-c3ccccc32)C1)C(=O)O. The van der Waals surface area contributed by atoms with Crippen LogP contribution < -0.4 is 10.6 Å². The number of hydrogen-bond acceptors (Lipinski definition) is 4. The van der Waals surface area contributed by atoms with E-state index in [0.717, 1.165) is 19.3 Å². The number of amides is 2. The number of aliphatic carboxylic acids is 1. The predicted molar refractivity (Wildman–Crippen MR) is 133 cm³/mol. The van der Waals surface area contributed by atoms with Gasteiger partial charge in [-0.2, -0.15) is 0 Å². The standard InChI is InChI=1S/C28H34N2O5/c1-17(2)25(27(32)33)30-26(31)19-9-7-8-18(14-19)15-29-28(34)35-16-24-22-12-5-3-10-20(22)21-11-4-6-13-23(21)24/h3-6,10-13,17-19,24-25H,7-9,14-16H2,1-2H3,(H,29,34)(H,30,31)(H,32,33)/t18?,19?,25-/m0/s1. The molecule has 186 valence electrons. The molecular formula is C28H34N2O5. The molecule has 2 unspecified atom stereocenters. The Morgan fingerprint density at radius 1 is 1.00 bits per heavy atom. The van der Waals surface area contributed by atoms with Crippen LogP contribution in [-0.4, -0.2) is 42.3 Å². The zero-order valence-corrected chi connectivity index (χ0v) is 20.3. The van der Waals surface area contributed by atoms with E-state index in [1.165, 1.54) is 22.3 Å². The van der Waals surface area contributed by atoms with Gasteiger partial charge in [0, 0.05) is 18.4 Å². The lowest BCUT2D eigenvalue weighted by Gasteiger charge is -2.30. The van der Waals surface area contributed by atoms with Crippen LogP contribution in [0.5, 0.6) is 0 Å². The minimum absolute atomic E-state index is 0.0130. The van der Waals surface area contributed by atoms with E-state index in [4.69, 9.17) is 4.74 Å². The predicted octanol–water partition coefficient (Wildman–Crippen LogP) is 4.56. The molecule has 0 radical (unpaired) electrons. The first-order valence-corrected chi connectivity index (χ1v) is 12.5. The second-order valence-corrected chi connectivity index (χ2v) is 10.0. The van der Waals surface area contributed by atoms with Crippen molar-refractivity contribution in [2.24, 2.45) is 17.8 Å². The molecule has 3 N–H and O–H groups in total. The largest absolute Gasteiger partial charge is 0.480 e. The van der Waals surface area contributed by atoms with Crippen LogP contribution in [0, 0.1) is 17.8 Å². The van der Waals surface area contributed by atoms with Gasteiger partial charge < -0.3 is 20.5 Å². The van der Waals surface area contributed by atoms with Crippen LogP contribution in [0.3, 0.4) is 0 Å². The van der Waals surface area contributed by atoms with Gasteiger partial charge in [0.25, 0.3) is 0 Å². The van der Waals surface area contributed by atoms with Crippen molar-refractivity contribution in [3.05, 3.63) is 59.7 Å². The molecule has 7 heteroatoms. The summed E-state index contributed by atoms with van der Waals surface area (Å²) in [6, 6.07) is 15.5. The molecule has 2 aliphatic rings. The Kier molecular flexibility index (Phi) is 7.73. The third-order valence-corrected chi connectivity index (χ3v) is 7.26. The third kappa shape index (κ3) is 5.66. The van der Waals surface area contributed by atoms with Gasteiger partial charge >= 0.3 is 12.1 Å². The van der Waals surface area contributed by atoms with Crippen molar-refractivity contribution in [2.45, 2.75) is 51.5 Å². The zero-order chi connectivity index (χ0) is 24.9. The molecule has 2 aromatic rings. The number of carboxylic acid groups (broad SMARTS) is 1. The highest BCUT2D eigenvalue weighted by Gasteiger charge is 2.32. The first-order valence-electron chi connectivity index (χ1n) is 12.5. The molecule has 1 fully saturated rings. The van der Waals surface area contributed by atoms with Gasteiger partial charge in [-0.05, 0) is 53.4 Å². The van der Waals surface area contributed by atoms with Gasteiger partial charge in [0.15, 0.2) is 0 Å². The summed E-state index contributed by atoms with van der Waals surface area (Å²) in [5.74, 6) is -1.49. The van der Waals surface area contributed by atoms with Crippen molar-refractivity contribution < 1.29 is 24.2 Å². The first-order chi connectivity index (χ1) is 16.8. The molecule has 7 nitrogen and oxygen atoms in total. The molecule has 0 aliphatic heterocycles. The number of carbonyl (C=O) groups is 3. The van der Waals surface area contributed by atoms with Crippen LogP contribution in [0.4, 0.5) is 4.79 Å². The first kappa shape index (κ1) is 24.8. The minimum atomic E-state index is -1.02. The van der Waals surface area contributed by atoms with E-state index in [-0.39, 0.29) is 36.2 Å². The van der Waals surface area contributed by atoms with Crippen LogP contribution in [0.25, 0.3) is 11.1 Å². The number of alkyl carbamates (subject to hydrolysis) is 1. The molecule has 0 bridgehead atoms. The van der Waals surface area contributed by atoms with E-state index in [2.05, 4.69) is 34.9 Å². The lowest BCUT2D eigenvalue weighted by molar-refractivity contribution is -0.144. The van der Waals surface area contributed by atoms with Crippen LogP contribution >= 0.6 is 0 Å². The Bertz CT molecular complexity index is 1040. The molecule has 35 heavy (non-hydrogen) atoms. The molecular weight excluding hydrogens is 444 g/mol. The Morgan fingerprint density at radius 3 is 2.23 bits per heavy atom. The number of carboxylic acids is 1. The van der Waals surface area contributed by atoms with Gasteiger partial charge in [0.2, 0.25) is 5.91 Å². The summed E-state index contributed by atoms with van der Waals surface area (Å²) < 4.78 is 5.62. The van der Waals surface area contributed by atoms with E-state index in [0.29, 0.717) is 13.0 Å². The molecule has 2 aromatic carbocycles. The zero-order valence-electron chi connectivity index (χ0n) is 20.3. The molecule has 0 saturated heterocycles. The summed E-state index contributed by atoms with van der Waals surface area (Å²) >= 11 is 0. The summed E-state index contributed by atoms with van der Waals surface area (Å²) in [7, 11) is 0. The number of hydrogen-bond donors (Lipinski definition) is 3. The summed E-state index contributed by atoms with van der Waals surface area (Å²) in [5, 5.41) is 14.9. The second kappa shape index (κ2) is 10.9. The quantitative estimate of drug-likeness (QED) is 0.516. The number of fused-ring (bicyclic) bond motifs is 3. The van der Waals surface area contributed by atoms with Gasteiger partial charge in [-0.15, -0.1) is 0 Å². The van der Waals surface area contributed by atoms with Crippen molar-refractivity contribution >= 4 is 18.0 Å². The Morgan fingerprint density at radius 2 is 1.63 bits per heavy atom. The Balaban J connectivity index is 1.27. The maximum atomic E-state index is 12.7. The second-order valence-electron chi connectivity index (χ2n) is 10.0. The maximum Gasteiger partial charge on any atom is 0.407 e. The fourth-order valence-electron chi connectivity index (χ4n) is 5.38. The Labute approximate surface area is 206 Å². The molecule has 0 heterocycles.